The molecule has 0 spiro atoms. The Kier molecular flexibility index (Phi) is 3.13. The van der Waals surface area contributed by atoms with E-state index in [1.807, 2.05) is 11.3 Å². The van der Waals surface area contributed by atoms with Crippen LogP contribution in [-0.4, -0.2) is 23.7 Å². The number of ether oxygens (including phenoxy) is 1. The SMILES string of the molecule is CCNC1CCCc2nc(C3CC4CCC3O4)sc21. The van der Waals surface area contributed by atoms with Crippen LogP contribution in [-0.2, 0) is 11.2 Å². The Bertz CT molecular complexity index is 473. The molecule has 0 radical (unpaired) electrons. The second-order valence-electron chi connectivity index (χ2n) is 6.08. The standard InChI is InChI=1S/C15H22N2OS/c1-2-16-11-4-3-5-12-14(11)19-15(17-12)10-8-9-6-7-13(10)18-9/h9-11,13,16H,2-8H2,1H3. The van der Waals surface area contributed by atoms with Gasteiger partial charge in [-0.15, -0.1) is 11.3 Å². The molecule has 0 saturated carbocycles. The molecule has 4 rings (SSSR count). The van der Waals surface area contributed by atoms with E-state index in [-0.39, 0.29) is 0 Å². The highest BCUT2D eigenvalue weighted by Crippen LogP contribution is 2.47. The van der Waals surface area contributed by atoms with Gasteiger partial charge in [-0.3, -0.25) is 0 Å². The lowest BCUT2D eigenvalue weighted by Gasteiger charge is -2.21. The van der Waals surface area contributed by atoms with E-state index in [0.717, 1.165) is 6.54 Å². The molecule has 1 aromatic rings. The van der Waals surface area contributed by atoms with E-state index in [9.17, 15) is 0 Å². The van der Waals surface area contributed by atoms with Gasteiger partial charge in [0, 0.05) is 16.8 Å². The maximum Gasteiger partial charge on any atom is 0.0989 e. The number of nitrogens with one attached hydrogen (secondary N) is 1. The molecule has 2 aliphatic heterocycles. The predicted octanol–water partition coefficient (Wildman–Crippen LogP) is 3.16. The van der Waals surface area contributed by atoms with Gasteiger partial charge in [-0.05, 0) is 45.1 Å². The zero-order valence-electron chi connectivity index (χ0n) is 11.5. The Morgan fingerprint density at radius 2 is 2.32 bits per heavy atom. The Labute approximate surface area is 118 Å². The summed E-state index contributed by atoms with van der Waals surface area (Å²) in [5.74, 6) is 0.594. The van der Waals surface area contributed by atoms with Gasteiger partial charge < -0.3 is 10.1 Å². The summed E-state index contributed by atoms with van der Waals surface area (Å²) in [7, 11) is 0. The summed E-state index contributed by atoms with van der Waals surface area (Å²) in [6.07, 6.45) is 8.45. The van der Waals surface area contributed by atoms with Gasteiger partial charge in [0.1, 0.15) is 0 Å². The average molecular weight is 278 g/mol. The van der Waals surface area contributed by atoms with E-state index >= 15 is 0 Å². The molecule has 2 fully saturated rings. The molecule has 0 aromatic carbocycles. The highest BCUT2D eigenvalue weighted by molar-refractivity contribution is 7.12. The van der Waals surface area contributed by atoms with E-state index < -0.39 is 0 Å². The lowest BCUT2D eigenvalue weighted by atomic mass is 9.90. The van der Waals surface area contributed by atoms with E-state index in [0.29, 0.717) is 24.2 Å². The van der Waals surface area contributed by atoms with Crippen LogP contribution >= 0.6 is 11.3 Å². The molecule has 4 heteroatoms. The summed E-state index contributed by atoms with van der Waals surface area (Å²) in [6.45, 7) is 3.24. The van der Waals surface area contributed by atoms with Crippen molar-refractivity contribution in [3.63, 3.8) is 0 Å². The van der Waals surface area contributed by atoms with E-state index in [2.05, 4.69) is 12.2 Å². The van der Waals surface area contributed by atoms with Crippen molar-refractivity contribution in [3.8, 4) is 0 Å². The molecule has 1 aromatic heterocycles. The largest absolute Gasteiger partial charge is 0.374 e. The summed E-state index contributed by atoms with van der Waals surface area (Å²) < 4.78 is 6.00. The Morgan fingerprint density at radius 1 is 1.37 bits per heavy atom. The molecule has 0 amide bonds. The van der Waals surface area contributed by atoms with E-state index in [1.54, 1.807) is 0 Å². The van der Waals surface area contributed by atoms with Crippen LogP contribution in [0.3, 0.4) is 0 Å². The third kappa shape index (κ3) is 2.05. The quantitative estimate of drug-likeness (QED) is 0.922. The minimum atomic E-state index is 0.468. The summed E-state index contributed by atoms with van der Waals surface area (Å²) in [5, 5.41) is 4.98. The molecule has 3 nitrogen and oxygen atoms in total. The third-order valence-corrected chi connectivity index (χ3v) is 6.18. The average Bonchev–Trinajstić information content (AvgIpc) is 3.13. The maximum absolute atomic E-state index is 6.00. The second-order valence-corrected chi connectivity index (χ2v) is 7.14. The number of hydrogen-bond acceptors (Lipinski definition) is 4. The van der Waals surface area contributed by atoms with Crippen LogP contribution in [0.2, 0.25) is 0 Å². The Balaban J connectivity index is 1.61. The van der Waals surface area contributed by atoms with Crippen molar-refractivity contribution in [1.82, 2.24) is 10.3 Å². The number of aryl methyl sites for hydroxylation is 1. The van der Waals surface area contributed by atoms with Crippen LogP contribution in [0, 0.1) is 0 Å². The zero-order chi connectivity index (χ0) is 12.8. The molecule has 1 aliphatic carbocycles. The molecule has 2 bridgehead atoms. The summed E-state index contributed by atoms with van der Waals surface area (Å²) >= 11 is 1.97. The zero-order valence-corrected chi connectivity index (χ0v) is 12.3. The minimum Gasteiger partial charge on any atom is -0.374 e. The van der Waals surface area contributed by atoms with Crippen LogP contribution in [0.15, 0.2) is 0 Å². The monoisotopic (exact) mass is 278 g/mol. The molecule has 104 valence electrons. The summed E-state index contributed by atoms with van der Waals surface area (Å²) in [6, 6.07) is 0.555. The first-order chi connectivity index (χ1) is 9.35. The van der Waals surface area contributed by atoms with Gasteiger partial charge >= 0.3 is 0 Å². The van der Waals surface area contributed by atoms with Gasteiger partial charge in [-0.1, -0.05) is 6.92 Å². The molecule has 2 saturated heterocycles. The lowest BCUT2D eigenvalue weighted by Crippen LogP contribution is -2.23. The first-order valence-corrected chi connectivity index (χ1v) is 8.55. The summed E-state index contributed by atoms with van der Waals surface area (Å²) in [5.41, 5.74) is 1.37. The van der Waals surface area contributed by atoms with Gasteiger partial charge in [0.2, 0.25) is 0 Å². The van der Waals surface area contributed by atoms with Crippen LogP contribution < -0.4 is 5.32 Å². The van der Waals surface area contributed by atoms with Crippen molar-refractivity contribution in [3.05, 3.63) is 15.6 Å². The number of rotatable bonds is 3. The van der Waals surface area contributed by atoms with Gasteiger partial charge in [-0.2, -0.15) is 0 Å². The first-order valence-electron chi connectivity index (χ1n) is 7.73. The molecular formula is C15H22N2OS. The smallest absolute Gasteiger partial charge is 0.0989 e. The lowest BCUT2D eigenvalue weighted by molar-refractivity contribution is 0.100. The van der Waals surface area contributed by atoms with Gasteiger partial charge in [0.25, 0.3) is 0 Å². The second kappa shape index (κ2) is 4.83. The van der Waals surface area contributed by atoms with Crippen LogP contribution in [0.4, 0.5) is 0 Å². The molecule has 1 N–H and O–H groups in total. The number of fused-ring (bicyclic) bond motifs is 3. The van der Waals surface area contributed by atoms with Crippen molar-refractivity contribution in [2.45, 2.75) is 69.6 Å². The van der Waals surface area contributed by atoms with Crippen molar-refractivity contribution >= 4 is 11.3 Å². The van der Waals surface area contributed by atoms with Crippen molar-refractivity contribution < 1.29 is 4.74 Å². The van der Waals surface area contributed by atoms with Gasteiger partial charge in [-0.25, -0.2) is 4.98 Å². The van der Waals surface area contributed by atoms with Crippen molar-refractivity contribution in [2.75, 3.05) is 6.54 Å². The fraction of sp³-hybridized carbons (Fsp3) is 0.800. The Hall–Kier alpha value is -0.450. The predicted molar refractivity (Wildman–Crippen MR) is 76.7 cm³/mol. The van der Waals surface area contributed by atoms with Crippen LogP contribution in [0.1, 0.15) is 66.6 Å². The van der Waals surface area contributed by atoms with E-state index in [4.69, 9.17) is 9.72 Å². The van der Waals surface area contributed by atoms with Crippen LogP contribution in [0.5, 0.6) is 0 Å². The summed E-state index contributed by atoms with van der Waals surface area (Å²) in [4.78, 5) is 6.50. The fourth-order valence-electron chi connectivity index (χ4n) is 3.94. The molecule has 4 unspecified atom stereocenters. The molecule has 19 heavy (non-hydrogen) atoms. The van der Waals surface area contributed by atoms with E-state index in [1.165, 1.54) is 54.1 Å². The molecule has 3 aliphatic rings. The molecule has 4 atom stereocenters. The van der Waals surface area contributed by atoms with Gasteiger partial charge in [0.05, 0.1) is 22.9 Å². The topological polar surface area (TPSA) is 34.2 Å². The molecular weight excluding hydrogens is 256 g/mol. The van der Waals surface area contributed by atoms with Crippen molar-refractivity contribution in [1.29, 1.82) is 0 Å². The number of aromatic nitrogens is 1. The van der Waals surface area contributed by atoms with Crippen LogP contribution in [0.25, 0.3) is 0 Å². The number of nitrogens with zero attached hydrogens (tertiary/aromatic N) is 1. The first kappa shape index (κ1) is 12.3. The minimum absolute atomic E-state index is 0.468. The highest BCUT2D eigenvalue weighted by Gasteiger charge is 2.43. The van der Waals surface area contributed by atoms with Crippen molar-refractivity contribution in [2.24, 2.45) is 0 Å². The fourth-order valence-corrected chi connectivity index (χ4v) is 5.33. The number of hydrogen-bond donors (Lipinski definition) is 1. The molecule has 3 heterocycles. The maximum atomic E-state index is 6.00. The normalized spacial score (nSPS) is 36.7. The number of thiazole rings is 1. The Morgan fingerprint density at radius 3 is 3.05 bits per heavy atom. The van der Waals surface area contributed by atoms with Gasteiger partial charge in [0.15, 0.2) is 0 Å². The highest BCUT2D eigenvalue weighted by atomic mass is 32.1. The third-order valence-electron chi connectivity index (χ3n) is 4.84.